The van der Waals surface area contributed by atoms with Crippen LogP contribution in [0.1, 0.15) is 32.6 Å². The van der Waals surface area contributed by atoms with Crippen LogP contribution in [0.3, 0.4) is 0 Å². The van der Waals surface area contributed by atoms with E-state index in [0.717, 1.165) is 32.4 Å². The number of hydrogen-bond acceptors (Lipinski definition) is 4. The lowest BCUT2D eigenvalue weighted by Crippen LogP contribution is -2.58. The quantitative estimate of drug-likeness (QED) is 0.811. The molecule has 0 radical (unpaired) electrons. The lowest BCUT2D eigenvalue weighted by atomic mass is 9.84. The van der Waals surface area contributed by atoms with Crippen LogP contribution in [0.25, 0.3) is 0 Å². The molecule has 3 unspecified atom stereocenters. The fourth-order valence-corrected chi connectivity index (χ4v) is 3.46. The van der Waals surface area contributed by atoms with Gasteiger partial charge >= 0.3 is 0 Å². The second kappa shape index (κ2) is 5.87. The molecule has 0 amide bonds. The fourth-order valence-electron chi connectivity index (χ4n) is 3.46. The fraction of sp³-hybridized carbons (Fsp3) is 1.00. The van der Waals surface area contributed by atoms with Crippen LogP contribution >= 0.6 is 0 Å². The van der Waals surface area contributed by atoms with Gasteiger partial charge < -0.3 is 15.4 Å². The lowest BCUT2D eigenvalue weighted by molar-refractivity contribution is -0.0668. The van der Waals surface area contributed by atoms with Crippen molar-refractivity contribution >= 4 is 0 Å². The van der Waals surface area contributed by atoms with Gasteiger partial charge in [-0.15, -0.1) is 0 Å². The van der Waals surface area contributed by atoms with E-state index in [4.69, 9.17) is 10.5 Å². The molecule has 0 saturated carbocycles. The van der Waals surface area contributed by atoms with Gasteiger partial charge in [0.2, 0.25) is 0 Å². The molecule has 0 aliphatic carbocycles. The second-order valence-corrected chi connectivity index (χ2v) is 6.14. The molecule has 0 bridgehead atoms. The molecule has 4 heteroatoms. The highest BCUT2D eigenvalue weighted by Crippen LogP contribution is 2.34. The van der Waals surface area contributed by atoms with E-state index in [1.54, 1.807) is 0 Å². The zero-order chi connectivity index (χ0) is 13.2. The highest BCUT2D eigenvalue weighted by Gasteiger charge is 2.43. The minimum atomic E-state index is 0.198. The Bertz CT molecular complexity index is 272. The Labute approximate surface area is 111 Å². The van der Waals surface area contributed by atoms with Crippen LogP contribution in [0.15, 0.2) is 0 Å². The van der Waals surface area contributed by atoms with Crippen molar-refractivity contribution in [3.05, 3.63) is 0 Å². The normalized spacial score (nSPS) is 38.5. The molecule has 2 aliphatic rings. The molecule has 106 valence electrons. The first-order valence-electron chi connectivity index (χ1n) is 7.34. The number of nitrogens with zero attached hydrogens (tertiary/aromatic N) is 2. The first-order valence-corrected chi connectivity index (χ1v) is 7.34. The molecule has 2 fully saturated rings. The number of rotatable bonds is 4. The predicted molar refractivity (Wildman–Crippen MR) is 74.7 cm³/mol. The molecule has 2 heterocycles. The van der Waals surface area contributed by atoms with Crippen molar-refractivity contribution in [1.82, 2.24) is 9.80 Å². The standard InChI is InChI=1S/C14H29N3O/c1-4-13-9-14(11-15,6-8-18-13)17-7-5-12(10-17)16(2)3/h12-13H,4-11,15H2,1-3H3. The van der Waals surface area contributed by atoms with Gasteiger partial charge in [0.25, 0.3) is 0 Å². The molecular weight excluding hydrogens is 226 g/mol. The first-order chi connectivity index (χ1) is 8.61. The van der Waals surface area contributed by atoms with E-state index in [9.17, 15) is 0 Å². The highest BCUT2D eigenvalue weighted by molar-refractivity contribution is 5.00. The van der Waals surface area contributed by atoms with E-state index in [2.05, 4.69) is 30.8 Å². The molecule has 2 rings (SSSR count). The van der Waals surface area contributed by atoms with Gasteiger partial charge in [-0.25, -0.2) is 0 Å². The van der Waals surface area contributed by atoms with Crippen LogP contribution < -0.4 is 5.73 Å². The molecule has 2 N–H and O–H groups in total. The number of hydrogen-bond donors (Lipinski definition) is 1. The van der Waals surface area contributed by atoms with Gasteiger partial charge in [-0.2, -0.15) is 0 Å². The Morgan fingerprint density at radius 3 is 2.78 bits per heavy atom. The molecule has 0 aromatic rings. The van der Waals surface area contributed by atoms with Crippen molar-refractivity contribution in [2.45, 2.75) is 50.3 Å². The molecule has 4 nitrogen and oxygen atoms in total. The average Bonchev–Trinajstić information content (AvgIpc) is 2.89. The number of ether oxygens (including phenoxy) is 1. The van der Waals surface area contributed by atoms with Gasteiger partial charge in [0.15, 0.2) is 0 Å². The van der Waals surface area contributed by atoms with E-state index in [1.165, 1.54) is 19.5 Å². The van der Waals surface area contributed by atoms with E-state index in [1.807, 2.05) is 0 Å². The Hall–Kier alpha value is -0.160. The summed E-state index contributed by atoms with van der Waals surface area (Å²) in [7, 11) is 4.37. The van der Waals surface area contributed by atoms with Gasteiger partial charge in [-0.1, -0.05) is 6.92 Å². The first kappa shape index (κ1) is 14.3. The highest BCUT2D eigenvalue weighted by atomic mass is 16.5. The van der Waals surface area contributed by atoms with Crippen LogP contribution in [0.2, 0.25) is 0 Å². The monoisotopic (exact) mass is 255 g/mol. The minimum Gasteiger partial charge on any atom is -0.378 e. The maximum atomic E-state index is 6.15. The molecule has 2 saturated heterocycles. The maximum absolute atomic E-state index is 6.15. The summed E-state index contributed by atoms with van der Waals surface area (Å²) in [4.78, 5) is 4.99. The molecule has 0 aromatic heterocycles. The minimum absolute atomic E-state index is 0.198. The van der Waals surface area contributed by atoms with Crippen molar-refractivity contribution in [2.24, 2.45) is 5.73 Å². The molecule has 18 heavy (non-hydrogen) atoms. The Kier molecular flexibility index (Phi) is 4.64. The SMILES string of the molecule is CCC1CC(CN)(N2CCC(N(C)C)C2)CCO1. The van der Waals surface area contributed by atoms with Crippen molar-refractivity contribution in [3.8, 4) is 0 Å². The topological polar surface area (TPSA) is 41.7 Å². The van der Waals surface area contributed by atoms with Crippen LogP contribution in [0.4, 0.5) is 0 Å². The third-order valence-electron chi connectivity index (χ3n) is 4.93. The third kappa shape index (κ3) is 2.72. The third-order valence-corrected chi connectivity index (χ3v) is 4.93. The van der Waals surface area contributed by atoms with Gasteiger partial charge in [-0.3, -0.25) is 4.90 Å². The summed E-state index contributed by atoms with van der Waals surface area (Å²) < 4.78 is 5.83. The summed E-state index contributed by atoms with van der Waals surface area (Å²) in [5.41, 5.74) is 6.34. The number of likely N-dealkylation sites (tertiary alicyclic amines) is 1. The van der Waals surface area contributed by atoms with Crippen molar-refractivity contribution in [3.63, 3.8) is 0 Å². The summed E-state index contributed by atoms with van der Waals surface area (Å²) in [5, 5.41) is 0. The largest absolute Gasteiger partial charge is 0.378 e. The van der Waals surface area contributed by atoms with Gasteiger partial charge in [-0.05, 0) is 39.8 Å². The van der Waals surface area contributed by atoms with E-state index >= 15 is 0 Å². The van der Waals surface area contributed by atoms with Crippen LogP contribution in [0, 0.1) is 0 Å². The lowest BCUT2D eigenvalue weighted by Gasteiger charge is -2.46. The van der Waals surface area contributed by atoms with E-state index < -0.39 is 0 Å². The van der Waals surface area contributed by atoms with Crippen LogP contribution in [-0.2, 0) is 4.74 Å². The average molecular weight is 255 g/mol. The molecule has 3 atom stereocenters. The predicted octanol–water partition coefficient (Wildman–Crippen LogP) is 0.909. The summed E-state index contributed by atoms with van der Waals surface area (Å²) >= 11 is 0. The van der Waals surface area contributed by atoms with Crippen molar-refractivity contribution in [1.29, 1.82) is 0 Å². The molecule has 0 spiro atoms. The molecular formula is C14H29N3O. The molecule has 0 aromatic carbocycles. The summed E-state index contributed by atoms with van der Waals surface area (Å²) in [6, 6.07) is 0.691. The van der Waals surface area contributed by atoms with Crippen LogP contribution in [0.5, 0.6) is 0 Å². The van der Waals surface area contributed by atoms with Gasteiger partial charge in [0, 0.05) is 37.8 Å². The van der Waals surface area contributed by atoms with Gasteiger partial charge in [0.1, 0.15) is 0 Å². The smallest absolute Gasteiger partial charge is 0.0590 e. The maximum Gasteiger partial charge on any atom is 0.0590 e. The van der Waals surface area contributed by atoms with Crippen molar-refractivity contribution < 1.29 is 4.74 Å². The summed E-state index contributed by atoms with van der Waals surface area (Å²) in [5.74, 6) is 0. The van der Waals surface area contributed by atoms with Crippen LogP contribution in [-0.4, -0.2) is 67.8 Å². The number of likely N-dealkylation sites (N-methyl/N-ethyl adjacent to an activating group) is 1. The Morgan fingerprint density at radius 2 is 2.22 bits per heavy atom. The number of nitrogens with two attached hydrogens (primary N) is 1. The zero-order valence-corrected chi connectivity index (χ0v) is 12.2. The van der Waals surface area contributed by atoms with E-state index in [0.29, 0.717) is 12.1 Å². The van der Waals surface area contributed by atoms with Crippen molar-refractivity contribution in [2.75, 3.05) is 40.3 Å². The Morgan fingerprint density at radius 1 is 1.44 bits per heavy atom. The second-order valence-electron chi connectivity index (χ2n) is 6.14. The van der Waals surface area contributed by atoms with Gasteiger partial charge in [0.05, 0.1) is 6.10 Å². The summed E-state index contributed by atoms with van der Waals surface area (Å²) in [6.07, 6.45) is 4.99. The Balaban J connectivity index is 2.03. The van der Waals surface area contributed by atoms with E-state index in [-0.39, 0.29) is 5.54 Å². The zero-order valence-electron chi connectivity index (χ0n) is 12.2. The molecule has 2 aliphatic heterocycles. The summed E-state index contributed by atoms with van der Waals surface area (Å²) in [6.45, 7) is 6.22.